The molecule has 3 N–H and O–H groups in total. The zero-order chi connectivity index (χ0) is 12.4. The summed E-state index contributed by atoms with van der Waals surface area (Å²) < 4.78 is 0. The molecule has 0 bridgehead atoms. The molecule has 2 saturated carbocycles. The first-order chi connectivity index (χ1) is 8.87. The van der Waals surface area contributed by atoms with Crippen molar-refractivity contribution in [3.63, 3.8) is 0 Å². The van der Waals surface area contributed by atoms with Crippen molar-refractivity contribution in [2.75, 3.05) is 13.1 Å². The van der Waals surface area contributed by atoms with Gasteiger partial charge in [0.25, 0.3) is 0 Å². The molecule has 0 aromatic rings. The molecule has 3 fully saturated rings. The van der Waals surface area contributed by atoms with Crippen molar-refractivity contribution in [3.05, 3.63) is 0 Å². The van der Waals surface area contributed by atoms with Gasteiger partial charge in [0.05, 0.1) is 0 Å². The molecule has 0 amide bonds. The smallest absolute Gasteiger partial charge is 0.0422 e. The van der Waals surface area contributed by atoms with Crippen LogP contribution in [0.25, 0.3) is 0 Å². The molecule has 1 heterocycles. The SMILES string of the molecule is NNC(C1CCCC1)C1(N2CCCC2)CCCC1. The molecule has 18 heavy (non-hydrogen) atoms. The molecular formula is C15H29N3. The molecule has 1 saturated heterocycles. The molecule has 1 atom stereocenters. The van der Waals surface area contributed by atoms with Crippen LogP contribution in [0.5, 0.6) is 0 Å². The Hall–Kier alpha value is -0.120. The Kier molecular flexibility index (Phi) is 3.92. The van der Waals surface area contributed by atoms with Gasteiger partial charge in [-0.1, -0.05) is 25.7 Å². The van der Waals surface area contributed by atoms with Gasteiger partial charge in [0, 0.05) is 11.6 Å². The van der Waals surface area contributed by atoms with Crippen LogP contribution in [0.15, 0.2) is 0 Å². The number of nitrogens with zero attached hydrogens (tertiary/aromatic N) is 1. The minimum atomic E-state index is 0.403. The van der Waals surface area contributed by atoms with E-state index in [-0.39, 0.29) is 0 Å². The average molecular weight is 251 g/mol. The normalized spacial score (nSPS) is 31.2. The van der Waals surface area contributed by atoms with Crippen LogP contribution in [0.3, 0.4) is 0 Å². The molecule has 3 nitrogen and oxygen atoms in total. The van der Waals surface area contributed by atoms with E-state index in [1.165, 1.54) is 77.3 Å². The topological polar surface area (TPSA) is 41.3 Å². The highest BCUT2D eigenvalue weighted by Crippen LogP contribution is 2.44. The van der Waals surface area contributed by atoms with Crippen LogP contribution in [-0.2, 0) is 0 Å². The summed E-state index contributed by atoms with van der Waals surface area (Å²) in [5.74, 6) is 6.84. The largest absolute Gasteiger partial charge is 0.296 e. The van der Waals surface area contributed by atoms with Crippen LogP contribution in [0.1, 0.15) is 64.2 Å². The van der Waals surface area contributed by atoms with Gasteiger partial charge in [-0.2, -0.15) is 0 Å². The number of nitrogens with one attached hydrogen (secondary N) is 1. The van der Waals surface area contributed by atoms with Crippen molar-refractivity contribution in [2.24, 2.45) is 11.8 Å². The van der Waals surface area contributed by atoms with E-state index in [0.717, 1.165) is 5.92 Å². The lowest BCUT2D eigenvalue weighted by molar-refractivity contribution is 0.0512. The Morgan fingerprint density at radius 2 is 1.56 bits per heavy atom. The van der Waals surface area contributed by atoms with Crippen LogP contribution in [0, 0.1) is 5.92 Å². The lowest BCUT2D eigenvalue weighted by Crippen LogP contribution is -2.63. The van der Waals surface area contributed by atoms with Crippen LogP contribution in [0.2, 0.25) is 0 Å². The first-order valence-corrected chi connectivity index (χ1v) is 8.08. The molecule has 0 radical (unpaired) electrons. The van der Waals surface area contributed by atoms with Crippen molar-refractivity contribution < 1.29 is 0 Å². The molecule has 3 rings (SSSR count). The second kappa shape index (κ2) is 5.48. The van der Waals surface area contributed by atoms with Gasteiger partial charge in [0.1, 0.15) is 0 Å². The number of rotatable bonds is 4. The Balaban J connectivity index is 1.81. The van der Waals surface area contributed by atoms with E-state index in [4.69, 9.17) is 5.84 Å². The van der Waals surface area contributed by atoms with Gasteiger partial charge in [-0.15, -0.1) is 0 Å². The van der Waals surface area contributed by atoms with Gasteiger partial charge in [0.2, 0.25) is 0 Å². The molecule has 2 aliphatic carbocycles. The molecule has 0 aromatic carbocycles. The van der Waals surface area contributed by atoms with Gasteiger partial charge in [-0.25, -0.2) is 0 Å². The van der Waals surface area contributed by atoms with E-state index < -0.39 is 0 Å². The molecule has 0 aromatic heterocycles. The van der Waals surface area contributed by atoms with Crippen molar-refractivity contribution >= 4 is 0 Å². The Bertz CT molecular complexity index is 261. The highest BCUT2D eigenvalue weighted by Gasteiger charge is 2.49. The maximum absolute atomic E-state index is 6.01. The van der Waals surface area contributed by atoms with E-state index in [0.29, 0.717) is 11.6 Å². The monoisotopic (exact) mass is 251 g/mol. The maximum atomic E-state index is 6.01. The molecule has 1 aliphatic heterocycles. The average Bonchev–Trinajstić information content (AvgIpc) is 3.14. The highest BCUT2D eigenvalue weighted by molar-refractivity contribution is 5.06. The molecule has 3 aliphatic rings. The standard InChI is InChI=1S/C15H29N3/c16-17-14(13-7-1-2-8-13)15(9-3-4-10-15)18-11-5-6-12-18/h13-14,17H,1-12,16H2. The minimum absolute atomic E-state index is 0.403. The Morgan fingerprint density at radius 3 is 2.11 bits per heavy atom. The van der Waals surface area contributed by atoms with E-state index in [1.807, 2.05) is 0 Å². The van der Waals surface area contributed by atoms with Gasteiger partial charge in [-0.05, 0) is 57.5 Å². The molecule has 0 spiro atoms. The van der Waals surface area contributed by atoms with Gasteiger partial charge in [-0.3, -0.25) is 16.2 Å². The van der Waals surface area contributed by atoms with Crippen molar-refractivity contribution in [3.8, 4) is 0 Å². The van der Waals surface area contributed by atoms with E-state index >= 15 is 0 Å². The summed E-state index contributed by atoms with van der Waals surface area (Å²) in [5.41, 5.74) is 3.67. The lowest BCUT2D eigenvalue weighted by Gasteiger charge is -2.47. The predicted molar refractivity (Wildman–Crippen MR) is 75.1 cm³/mol. The Morgan fingerprint density at radius 1 is 0.944 bits per heavy atom. The zero-order valence-electron chi connectivity index (χ0n) is 11.7. The molecule has 3 heteroatoms. The van der Waals surface area contributed by atoms with Gasteiger partial charge in [0.15, 0.2) is 0 Å². The summed E-state index contributed by atoms with van der Waals surface area (Å²) in [6.07, 6.45) is 14.0. The number of hydrogen-bond acceptors (Lipinski definition) is 3. The second-order valence-electron chi connectivity index (χ2n) is 6.69. The van der Waals surface area contributed by atoms with Crippen molar-refractivity contribution in [2.45, 2.75) is 75.8 Å². The third-order valence-corrected chi connectivity index (χ3v) is 5.83. The molecular weight excluding hydrogens is 222 g/mol. The van der Waals surface area contributed by atoms with Crippen LogP contribution >= 0.6 is 0 Å². The minimum Gasteiger partial charge on any atom is -0.296 e. The first kappa shape index (κ1) is 12.9. The van der Waals surface area contributed by atoms with Crippen LogP contribution in [0.4, 0.5) is 0 Å². The fourth-order valence-corrected chi connectivity index (χ4v) is 4.99. The molecule has 104 valence electrons. The van der Waals surface area contributed by atoms with Gasteiger partial charge < -0.3 is 0 Å². The number of hydrazine groups is 1. The number of likely N-dealkylation sites (tertiary alicyclic amines) is 1. The van der Waals surface area contributed by atoms with E-state index in [9.17, 15) is 0 Å². The van der Waals surface area contributed by atoms with Gasteiger partial charge >= 0.3 is 0 Å². The first-order valence-electron chi connectivity index (χ1n) is 8.08. The predicted octanol–water partition coefficient (Wildman–Crippen LogP) is 2.42. The zero-order valence-corrected chi connectivity index (χ0v) is 11.7. The summed E-state index contributed by atoms with van der Waals surface area (Å²) in [6.45, 7) is 2.62. The Labute approximate surface area is 111 Å². The second-order valence-corrected chi connectivity index (χ2v) is 6.69. The lowest BCUT2D eigenvalue weighted by atomic mass is 9.78. The summed E-state index contributed by atoms with van der Waals surface area (Å²) >= 11 is 0. The van der Waals surface area contributed by atoms with Crippen LogP contribution < -0.4 is 11.3 Å². The highest BCUT2D eigenvalue weighted by atomic mass is 15.3. The summed E-state index contributed by atoms with van der Waals surface area (Å²) in [5, 5.41) is 0. The van der Waals surface area contributed by atoms with E-state index in [2.05, 4.69) is 10.3 Å². The van der Waals surface area contributed by atoms with E-state index in [1.54, 1.807) is 0 Å². The summed E-state index contributed by atoms with van der Waals surface area (Å²) in [4.78, 5) is 2.79. The number of nitrogens with two attached hydrogens (primary N) is 1. The van der Waals surface area contributed by atoms with Crippen molar-refractivity contribution in [1.82, 2.24) is 10.3 Å². The quantitative estimate of drug-likeness (QED) is 0.595. The molecule has 1 unspecified atom stereocenters. The fourth-order valence-electron chi connectivity index (χ4n) is 4.99. The fraction of sp³-hybridized carbons (Fsp3) is 1.00. The third kappa shape index (κ3) is 2.10. The summed E-state index contributed by atoms with van der Waals surface area (Å²) in [6, 6.07) is 0.542. The van der Waals surface area contributed by atoms with Crippen LogP contribution in [-0.4, -0.2) is 29.6 Å². The maximum Gasteiger partial charge on any atom is 0.0422 e. The summed E-state index contributed by atoms with van der Waals surface area (Å²) in [7, 11) is 0. The van der Waals surface area contributed by atoms with Crippen molar-refractivity contribution in [1.29, 1.82) is 0 Å². The third-order valence-electron chi connectivity index (χ3n) is 5.83. The number of hydrogen-bond donors (Lipinski definition) is 2.